The molecule has 0 aromatic carbocycles. The zero-order valence-electron chi connectivity index (χ0n) is 13.1. The summed E-state index contributed by atoms with van der Waals surface area (Å²) < 4.78 is 0.762. The Morgan fingerprint density at radius 2 is 2.04 bits per heavy atom. The van der Waals surface area contributed by atoms with Gasteiger partial charge in [0.05, 0.1) is 16.0 Å². The smallest absolute Gasteiger partial charge is 0.208 e. The molecule has 1 aromatic rings. The molecule has 122 valence electrons. The van der Waals surface area contributed by atoms with Gasteiger partial charge in [-0.2, -0.15) is 0 Å². The van der Waals surface area contributed by atoms with E-state index in [2.05, 4.69) is 15.2 Å². The largest absolute Gasteiger partial charge is 0.328 e. The van der Waals surface area contributed by atoms with Gasteiger partial charge in [0.15, 0.2) is 11.5 Å². The third-order valence-corrected chi connectivity index (χ3v) is 5.43. The topological polar surface area (TPSA) is 98.0 Å². The second-order valence-electron chi connectivity index (χ2n) is 6.89. The predicted molar refractivity (Wildman–Crippen MR) is 84.4 cm³/mol. The molecule has 1 unspecified atom stereocenters. The Morgan fingerprint density at radius 1 is 1.26 bits per heavy atom. The van der Waals surface area contributed by atoms with E-state index in [-0.39, 0.29) is 17.6 Å². The van der Waals surface area contributed by atoms with Crippen LogP contribution in [0.3, 0.4) is 0 Å². The minimum Gasteiger partial charge on any atom is -0.328 e. The van der Waals surface area contributed by atoms with E-state index in [1.807, 2.05) is 0 Å². The molecule has 0 saturated carbocycles. The lowest BCUT2D eigenvalue weighted by Crippen LogP contribution is -2.44. The minimum atomic E-state index is -0.196. The second kappa shape index (κ2) is 5.65. The summed E-state index contributed by atoms with van der Waals surface area (Å²) in [7, 11) is 0. The average Bonchev–Trinajstić information content (AvgIpc) is 2.56. The lowest BCUT2D eigenvalue weighted by molar-refractivity contribution is -0.583. The first-order valence-corrected chi connectivity index (χ1v) is 8.38. The molecule has 1 fully saturated rings. The van der Waals surface area contributed by atoms with Gasteiger partial charge < -0.3 is 10.6 Å². The summed E-state index contributed by atoms with van der Waals surface area (Å²) in [4.78, 5) is 26.9. The number of H-pyrrole nitrogens is 1. The van der Waals surface area contributed by atoms with Crippen molar-refractivity contribution < 1.29 is 9.34 Å². The Hall–Kier alpha value is -1.86. The molecule has 3 aliphatic rings. The first kappa shape index (κ1) is 14.7. The highest BCUT2D eigenvalue weighted by Crippen LogP contribution is 2.41. The molecule has 0 spiro atoms. The molecule has 0 bridgehead atoms. The van der Waals surface area contributed by atoms with Gasteiger partial charge in [-0.25, -0.2) is 0 Å². The van der Waals surface area contributed by atoms with Crippen LogP contribution in [0.5, 0.6) is 0 Å². The summed E-state index contributed by atoms with van der Waals surface area (Å²) in [6.07, 6.45) is 6.98. The van der Waals surface area contributed by atoms with Gasteiger partial charge in [0.25, 0.3) is 0 Å². The SMILES string of the molecule is NC1CCN(C[C@@H]2CCC3C(=O)C=Cc4n[nH][n+](=O)c2c43)CC1. The maximum atomic E-state index is 12.3. The quantitative estimate of drug-likeness (QED) is 0.765. The Labute approximate surface area is 134 Å². The van der Waals surface area contributed by atoms with E-state index in [0.717, 1.165) is 61.1 Å². The number of ketones is 1. The Bertz CT molecular complexity index is 718. The molecular formula is C16H22N5O2+. The van der Waals surface area contributed by atoms with Crippen LogP contribution in [-0.4, -0.2) is 46.7 Å². The van der Waals surface area contributed by atoms with Crippen molar-refractivity contribution in [2.24, 2.45) is 5.73 Å². The van der Waals surface area contributed by atoms with E-state index in [4.69, 9.17) is 5.73 Å². The van der Waals surface area contributed by atoms with Crippen LogP contribution < -0.4 is 10.3 Å². The molecule has 3 N–H and O–H groups in total. The first-order valence-electron chi connectivity index (χ1n) is 8.38. The van der Waals surface area contributed by atoms with Crippen LogP contribution in [0, 0.1) is 4.91 Å². The highest BCUT2D eigenvalue weighted by Gasteiger charge is 2.41. The van der Waals surface area contributed by atoms with Crippen LogP contribution in [0.1, 0.15) is 54.5 Å². The van der Waals surface area contributed by atoms with Crippen molar-refractivity contribution in [3.05, 3.63) is 27.9 Å². The number of hydrogen-bond acceptors (Lipinski definition) is 5. The third kappa shape index (κ3) is 2.53. The van der Waals surface area contributed by atoms with Gasteiger partial charge in [-0.15, -0.1) is 0 Å². The van der Waals surface area contributed by atoms with E-state index in [0.29, 0.717) is 11.7 Å². The zero-order chi connectivity index (χ0) is 16.0. The molecule has 2 heterocycles. The number of allylic oxidation sites excluding steroid dienone is 1. The zero-order valence-corrected chi connectivity index (χ0v) is 13.1. The molecule has 2 aliphatic carbocycles. The van der Waals surface area contributed by atoms with Crippen molar-refractivity contribution in [3.63, 3.8) is 0 Å². The standard InChI is InChI=1S/C16H21N5O2/c17-11-5-7-20(8-6-11)9-10-1-2-12-14(22)4-3-13-15(12)16(10)21(23)19-18-13/h3-4,10-12H,1-2,5-9,17H2/p+1/t10-,12?/m0/s1. The average molecular weight is 316 g/mol. The lowest BCUT2D eigenvalue weighted by atomic mass is 9.74. The van der Waals surface area contributed by atoms with Gasteiger partial charge >= 0.3 is 0 Å². The van der Waals surface area contributed by atoms with Gasteiger partial charge in [-0.1, -0.05) is 0 Å². The lowest BCUT2D eigenvalue weighted by Gasteiger charge is -2.34. The van der Waals surface area contributed by atoms with Gasteiger partial charge in [0, 0.05) is 23.6 Å². The molecular weight excluding hydrogens is 294 g/mol. The van der Waals surface area contributed by atoms with Crippen LogP contribution in [0.4, 0.5) is 0 Å². The maximum absolute atomic E-state index is 12.3. The Kier molecular flexibility index (Phi) is 3.61. The number of nitrogens with zero attached hydrogens (tertiary/aromatic N) is 3. The number of aromatic amines is 1. The first-order chi connectivity index (χ1) is 11.1. The Morgan fingerprint density at radius 3 is 2.83 bits per heavy atom. The van der Waals surface area contributed by atoms with E-state index in [1.54, 1.807) is 12.2 Å². The molecule has 2 atom stereocenters. The molecule has 0 amide bonds. The summed E-state index contributed by atoms with van der Waals surface area (Å²) in [6, 6.07) is 0.302. The highest BCUT2D eigenvalue weighted by atomic mass is 16.3. The van der Waals surface area contributed by atoms with Crippen molar-refractivity contribution in [3.8, 4) is 0 Å². The van der Waals surface area contributed by atoms with Crippen LogP contribution in [0.25, 0.3) is 6.08 Å². The van der Waals surface area contributed by atoms with Crippen LogP contribution in [0.2, 0.25) is 0 Å². The number of piperidine rings is 1. The second-order valence-corrected chi connectivity index (χ2v) is 6.89. The molecule has 1 aliphatic heterocycles. The van der Waals surface area contributed by atoms with E-state index in [9.17, 15) is 9.70 Å². The van der Waals surface area contributed by atoms with Gasteiger partial charge in [0.1, 0.15) is 0 Å². The third-order valence-electron chi connectivity index (χ3n) is 5.43. The van der Waals surface area contributed by atoms with Crippen LogP contribution in [-0.2, 0) is 4.79 Å². The highest BCUT2D eigenvalue weighted by molar-refractivity contribution is 6.01. The fourth-order valence-corrected chi connectivity index (χ4v) is 4.16. The van der Waals surface area contributed by atoms with Gasteiger partial charge in [0.2, 0.25) is 5.69 Å². The fourth-order valence-electron chi connectivity index (χ4n) is 4.16. The number of nitrogens with one attached hydrogen (secondary N) is 1. The monoisotopic (exact) mass is 316 g/mol. The van der Waals surface area contributed by atoms with E-state index >= 15 is 0 Å². The minimum absolute atomic E-state index is 0.0918. The van der Waals surface area contributed by atoms with Crippen LogP contribution in [0.15, 0.2) is 6.08 Å². The predicted octanol–water partition coefficient (Wildman–Crippen LogP) is 0.304. The number of nitrogens with two attached hydrogens (primary N) is 1. The molecule has 4 rings (SSSR count). The van der Waals surface area contributed by atoms with Crippen molar-refractivity contribution in [1.29, 1.82) is 0 Å². The van der Waals surface area contributed by atoms with Crippen LogP contribution >= 0.6 is 0 Å². The van der Waals surface area contributed by atoms with Crippen molar-refractivity contribution in [2.75, 3.05) is 19.6 Å². The van der Waals surface area contributed by atoms with Crippen molar-refractivity contribution >= 4 is 11.9 Å². The van der Waals surface area contributed by atoms with E-state index < -0.39 is 0 Å². The molecule has 0 radical (unpaired) electrons. The fraction of sp³-hybridized carbons (Fsp3) is 0.625. The number of likely N-dealkylation sites (tertiary alicyclic amines) is 1. The molecule has 7 nitrogen and oxygen atoms in total. The number of aromatic nitrogens is 3. The summed E-state index contributed by atoms with van der Waals surface area (Å²) in [5.74, 6) is 0.0397. The molecule has 1 aromatic heterocycles. The summed E-state index contributed by atoms with van der Waals surface area (Å²) in [5, 5.41) is 6.63. The normalized spacial score (nSPS) is 28.0. The number of carbonyl (C=O) groups excluding carboxylic acids is 1. The molecule has 1 saturated heterocycles. The number of rotatable bonds is 2. The number of carbonyl (C=O) groups is 1. The van der Waals surface area contributed by atoms with Crippen molar-refractivity contribution in [1.82, 2.24) is 15.2 Å². The summed E-state index contributed by atoms with van der Waals surface area (Å²) >= 11 is 0. The molecule has 7 heteroatoms. The van der Waals surface area contributed by atoms with Gasteiger partial charge in [-0.3, -0.25) is 4.79 Å². The number of hydrogen-bond donors (Lipinski definition) is 2. The molecule has 23 heavy (non-hydrogen) atoms. The Balaban J connectivity index is 1.66. The maximum Gasteiger partial charge on any atom is 0.208 e. The van der Waals surface area contributed by atoms with Gasteiger partial charge in [-0.05, 0) is 61.0 Å². The summed E-state index contributed by atoms with van der Waals surface area (Å²) in [6.45, 7) is 2.81. The summed E-state index contributed by atoms with van der Waals surface area (Å²) in [5.41, 5.74) is 8.26. The van der Waals surface area contributed by atoms with E-state index in [1.165, 1.54) is 0 Å². The van der Waals surface area contributed by atoms with Crippen molar-refractivity contribution in [2.45, 2.75) is 43.6 Å².